The minimum absolute atomic E-state index is 0.107. The number of hydrogen-bond donors (Lipinski definition) is 0. The summed E-state index contributed by atoms with van der Waals surface area (Å²) in [5.74, 6) is 0.289. The maximum absolute atomic E-state index is 12.5. The summed E-state index contributed by atoms with van der Waals surface area (Å²) in [7, 11) is 0.107. The van der Waals surface area contributed by atoms with Crippen molar-refractivity contribution in [3.63, 3.8) is 0 Å². The Hall–Kier alpha value is -0.0913. The van der Waals surface area contributed by atoms with Crippen molar-refractivity contribution in [2.75, 3.05) is 12.5 Å². The van der Waals surface area contributed by atoms with Gasteiger partial charge in [-0.1, -0.05) is 0 Å². The molecule has 0 aliphatic heterocycles. The van der Waals surface area contributed by atoms with Crippen LogP contribution in [0.3, 0.4) is 0 Å². The monoisotopic (exact) mass is 344 g/mol. The van der Waals surface area contributed by atoms with Crippen LogP contribution in [0.2, 0.25) is 14.8 Å². The van der Waals surface area contributed by atoms with Crippen LogP contribution in [0.25, 0.3) is 0 Å². The number of carbonyl (C=O) groups excluding carboxylic acids is 1. The molecule has 0 aliphatic rings. The van der Waals surface area contributed by atoms with Crippen molar-refractivity contribution in [1.82, 2.24) is 0 Å². The molecule has 0 spiro atoms. The SMILES string of the molecule is CS(C)=[C](C(=O)c1ccccc1)[Sn]([CH3])([CH3])[CH3]. The van der Waals surface area contributed by atoms with Crippen molar-refractivity contribution in [3.8, 4) is 0 Å². The van der Waals surface area contributed by atoms with Gasteiger partial charge in [-0.15, -0.1) is 0 Å². The predicted octanol–water partition coefficient (Wildman–Crippen LogP) is 3.45. The first kappa shape index (κ1) is 14.0. The molecule has 1 nitrogen and oxygen atoms in total. The topological polar surface area (TPSA) is 17.1 Å². The third-order valence-electron chi connectivity index (χ3n) is 2.33. The molecule has 88 valence electrons. The molecule has 0 aromatic heterocycles. The Morgan fingerprint density at radius 1 is 1.06 bits per heavy atom. The molecule has 0 bridgehead atoms. The van der Waals surface area contributed by atoms with Crippen molar-refractivity contribution in [2.45, 2.75) is 14.8 Å². The van der Waals surface area contributed by atoms with Crippen LogP contribution in [0, 0.1) is 0 Å². The van der Waals surface area contributed by atoms with Crippen molar-refractivity contribution in [3.05, 3.63) is 35.9 Å². The molecular formula is C13H20OSSn. The van der Waals surface area contributed by atoms with Crippen LogP contribution in [0.4, 0.5) is 0 Å². The quantitative estimate of drug-likeness (QED) is 0.467. The van der Waals surface area contributed by atoms with Gasteiger partial charge in [-0.25, -0.2) is 0 Å². The average Bonchev–Trinajstić information content (AvgIpc) is 2.16. The molecule has 1 aromatic rings. The Morgan fingerprint density at radius 3 is 1.94 bits per heavy atom. The minimum atomic E-state index is -2.26. The van der Waals surface area contributed by atoms with Gasteiger partial charge in [0.05, 0.1) is 0 Å². The zero-order chi connectivity index (χ0) is 12.3. The molecule has 0 atom stereocenters. The third kappa shape index (κ3) is 3.45. The Morgan fingerprint density at radius 2 is 1.56 bits per heavy atom. The first-order valence-electron chi connectivity index (χ1n) is 5.39. The number of benzene rings is 1. The Balaban J connectivity index is 3.19. The van der Waals surface area contributed by atoms with Crippen molar-refractivity contribution < 1.29 is 4.79 Å². The van der Waals surface area contributed by atoms with Crippen LogP contribution in [0.1, 0.15) is 10.4 Å². The Labute approximate surface area is 105 Å². The van der Waals surface area contributed by atoms with Gasteiger partial charge in [0.25, 0.3) is 0 Å². The van der Waals surface area contributed by atoms with E-state index < -0.39 is 18.4 Å². The van der Waals surface area contributed by atoms with E-state index in [-0.39, 0.29) is 16.3 Å². The van der Waals surface area contributed by atoms with E-state index in [0.717, 1.165) is 5.56 Å². The van der Waals surface area contributed by atoms with E-state index in [1.807, 2.05) is 30.3 Å². The molecule has 0 amide bonds. The normalized spacial score (nSPS) is 11.6. The van der Waals surface area contributed by atoms with E-state index in [1.54, 1.807) is 0 Å². The van der Waals surface area contributed by atoms with Gasteiger partial charge in [-0.05, 0) is 0 Å². The molecule has 1 aromatic carbocycles. The van der Waals surface area contributed by atoms with Crippen LogP contribution in [-0.2, 0) is 0 Å². The summed E-state index contributed by atoms with van der Waals surface area (Å²) in [6, 6.07) is 9.67. The van der Waals surface area contributed by atoms with E-state index in [1.165, 1.54) is 2.88 Å². The van der Waals surface area contributed by atoms with Crippen LogP contribution in [0.5, 0.6) is 0 Å². The van der Waals surface area contributed by atoms with Crippen LogP contribution in [-0.4, -0.2) is 39.6 Å². The third-order valence-corrected chi connectivity index (χ3v) is 15.5. The van der Waals surface area contributed by atoms with Crippen LogP contribution < -0.4 is 0 Å². The summed E-state index contributed by atoms with van der Waals surface area (Å²) < 4.78 is 1.24. The molecule has 16 heavy (non-hydrogen) atoms. The molecular weight excluding hydrogens is 323 g/mol. The molecule has 0 saturated heterocycles. The van der Waals surface area contributed by atoms with Gasteiger partial charge in [-0.2, -0.15) is 0 Å². The van der Waals surface area contributed by atoms with Gasteiger partial charge in [0.15, 0.2) is 0 Å². The van der Waals surface area contributed by atoms with E-state index in [2.05, 4.69) is 27.3 Å². The zero-order valence-electron chi connectivity index (χ0n) is 10.7. The van der Waals surface area contributed by atoms with E-state index in [0.29, 0.717) is 0 Å². The number of carbonyl (C=O) groups is 1. The predicted molar refractivity (Wildman–Crippen MR) is 78.6 cm³/mol. The van der Waals surface area contributed by atoms with Gasteiger partial charge < -0.3 is 0 Å². The van der Waals surface area contributed by atoms with E-state index in [9.17, 15) is 4.79 Å². The Bertz CT molecular complexity index is 411. The maximum atomic E-state index is 12.5. The molecule has 0 N–H and O–H groups in total. The van der Waals surface area contributed by atoms with Gasteiger partial charge in [0.2, 0.25) is 0 Å². The van der Waals surface area contributed by atoms with Crippen LogP contribution in [0.15, 0.2) is 30.3 Å². The van der Waals surface area contributed by atoms with E-state index in [4.69, 9.17) is 0 Å². The fraction of sp³-hybridized carbons (Fsp3) is 0.385. The molecule has 0 radical (unpaired) electrons. The summed E-state index contributed by atoms with van der Waals surface area (Å²) in [5.41, 5.74) is 0.852. The molecule has 0 saturated carbocycles. The fourth-order valence-corrected chi connectivity index (χ4v) is 16.4. The zero-order valence-corrected chi connectivity index (χ0v) is 14.4. The fourth-order valence-electron chi connectivity index (χ4n) is 1.86. The number of rotatable bonds is 3. The van der Waals surface area contributed by atoms with Gasteiger partial charge >= 0.3 is 106 Å². The molecule has 0 unspecified atom stereocenters. The molecule has 1 rings (SSSR count). The van der Waals surface area contributed by atoms with Crippen molar-refractivity contribution >= 4 is 37.5 Å². The summed E-state index contributed by atoms with van der Waals surface area (Å²) >= 11 is -2.26. The van der Waals surface area contributed by atoms with Crippen molar-refractivity contribution in [1.29, 1.82) is 0 Å². The summed E-state index contributed by atoms with van der Waals surface area (Å²) in [4.78, 5) is 19.4. The first-order valence-corrected chi connectivity index (χ1v) is 17.4. The number of hydrogen-bond acceptors (Lipinski definition) is 1. The molecule has 0 fully saturated rings. The number of Topliss-reactive ketones (excluding diaryl/α,β-unsaturated/α-hetero) is 1. The van der Waals surface area contributed by atoms with Gasteiger partial charge in [0.1, 0.15) is 0 Å². The second-order valence-corrected chi connectivity index (χ2v) is 22.4. The summed E-state index contributed by atoms with van der Waals surface area (Å²) in [5, 5.41) is 0. The summed E-state index contributed by atoms with van der Waals surface area (Å²) in [6.07, 6.45) is 4.33. The average molecular weight is 343 g/mol. The second-order valence-electron chi connectivity index (χ2n) is 5.09. The van der Waals surface area contributed by atoms with E-state index >= 15 is 0 Å². The number of ketones is 1. The summed E-state index contributed by atoms with van der Waals surface area (Å²) in [6.45, 7) is 0. The Kier molecular flexibility index (Phi) is 4.80. The van der Waals surface area contributed by atoms with Crippen molar-refractivity contribution in [2.24, 2.45) is 0 Å². The standard InChI is InChI=1S/C10H11OS.3CH3.Sn/c1-12(2)8-10(11)9-6-4-3-5-7-9;;;;/h3-7H,1-2H3;3*1H3;. The molecule has 0 heterocycles. The second kappa shape index (κ2) is 5.50. The molecule has 3 heteroatoms. The van der Waals surface area contributed by atoms with Crippen LogP contribution >= 0.6 is 10.5 Å². The molecule has 0 aliphatic carbocycles. The first-order chi connectivity index (χ1) is 7.34. The van der Waals surface area contributed by atoms with Gasteiger partial charge in [-0.3, -0.25) is 0 Å². The van der Waals surface area contributed by atoms with Gasteiger partial charge in [0, 0.05) is 0 Å².